The van der Waals surface area contributed by atoms with E-state index in [2.05, 4.69) is 10.3 Å². The van der Waals surface area contributed by atoms with Gasteiger partial charge in [-0.2, -0.15) is 0 Å². The van der Waals surface area contributed by atoms with Crippen molar-refractivity contribution in [2.24, 2.45) is 0 Å². The van der Waals surface area contributed by atoms with Crippen molar-refractivity contribution in [2.45, 2.75) is 19.4 Å². The van der Waals surface area contributed by atoms with Crippen molar-refractivity contribution in [1.29, 1.82) is 0 Å². The lowest BCUT2D eigenvalue weighted by atomic mass is 10.2. The van der Waals surface area contributed by atoms with Gasteiger partial charge in [-0.3, -0.25) is 4.79 Å². The number of hydrogen-bond donors (Lipinski definition) is 1. The number of unbranched alkanes of at least 4 members (excludes halogenated alkanes) is 1. The molecule has 2 aromatic rings. The maximum atomic E-state index is 11.9. The van der Waals surface area contributed by atoms with E-state index in [1.807, 2.05) is 24.3 Å². The van der Waals surface area contributed by atoms with E-state index in [0.717, 1.165) is 50.1 Å². The van der Waals surface area contributed by atoms with Crippen LogP contribution in [-0.2, 0) is 11.3 Å². The summed E-state index contributed by atoms with van der Waals surface area (Å²) in [5.41, 5.74) is 1.74. The van der Waals surface area contributed by atoms with Crippen molar-refractivity contribution >= 4 is 11.0 Å². The molecule has 1 N–H and O–H groups in total. The zero-order valence-corrected chi connectivity index (χ0v) is 11.8. The fourth-order valence-electron chi connectivity index (χ4n) is 2.16. The second-order valence-electron chi connectivity index (χ2n) is 4.69. The number of methoxy groups -OCH3 is 1. The van der Waals surface area contributed by atoms with Crippen molar-refractivity contribution in [1.82, 2.24) is 14.9 Å². The molecule has 1 aromatic heterocycles. The lowest BCUT2D eigenvalue weighted by Gasteiger charge is -2.09. The van der Waals surface area contributed by atoms with Gasteiger partial charge in [0.15, 0.2) is 0 Å². The Kier molecular flexibility index (Phi) is 5.70. The third-order valence-corrected chi connectivity index (χ3v) is 3.22. The largest absolute Gasteiger partial charge is 0.383 e. The van der Waals surface area contributed by atoms with Gasteiger partial charge in [-0.15, -0.1) is 0 Å². The Morgan fingerprint density at radius 3 is 2.95 bits per heavy atom. The number of rotatable bonds is 8. The minimum atomic E-state index is -0.0314. The van der Waals surface area contributed by atoms with E-state index in [0.29, 0.717) is 0 Å². The highest BCUT2D eigenvalue weighted by molar-refractivity contribution is 5.74. The predicted molar refractivity (Wildman–Crippen MR) is 80.0 cm³/mol. The smallest absolute Gasteiger partial charge is 0.269 e. The molecule has 0 aliphatic heterocycles. The van der Waals surface area contributed by atoms with Gasteiger partial charge in [-0.05, 0) is 31.5 Å². The first kappa shape index (κ1) is 14.7. The van der Waals surface area contributed by atoms with Crippen molar-refractivity contribution in [2.75, 3.05) is 26.8 Å². The normalized spacial score (nSPS) is 11.1. The molecule has 0 aliphatic rings. The summed E-state index contributed by atoms with van der Waals surface area (Å²) >= 11 is 0. The number of hydrogen-bond acceptors (Lipinski definition) is 4. The molecule has 0 amide bonds. The second-order valence-corrected chi connectivity index (χ2v) is 4.69. The Morgan fingerprint density at radius 2 is 2.10 bits per heavy atom. The predicted octanol–water partition coefficient (Wildman–Crippen LogP) is 1.41. The summed E-state index contributed by atoms with van der Waals surface area (Å²) in [6.45, 7) is 3.28. The molecule has 0 spiro atoms. The van der Waals surface area contributed by atoms with Gasteiger partial charge in [-0.1, -0.05) is 12.1 Å². The molecule has 2 rings (SSSR count). The topological polar surface area (TPSA) is 56.1 Å². The summed E-state index contributed by atoms with van der Waals surface area (Å²) in [7, 11) is 1.70. The van der Waals surface area contributed by atoms with Crippen LogP contribution in [-0.4, -0.2) is 36.4 Å². The molecule has 20 heavy (non-hydrogen) atoms. The van der Waals surface area contributed by atoms with E-state index in [9.17, 15) is 4.79 Å². The zero-order chi connectivity index (χ0) is 14.2. The van der Waals surface area contributed by atoms with Crippen LogP contribution >= 0.6 is 0 Å². The van der Waals surface area contributed by atoms with E-state index in [1.54, 1.807) is 11.7 Å². The van der Waals surface area contributed by atoms with Gasteiger partial charge < -0.3 is 14.6 Å². The van der Waals surface area contributed by atoms with E-state index < -0.39 is 0 Å². The average molecular weight is 275 g/mol. The summed E-state index contributed by atoms with van der Waals surface area (Å²) in [6.07, 6.45) is 3.40. The Hall–Kier alpha value is -1.72. The van der Waals surface area contributed by atoms with Crippen LogP contribution < -0.4 is 10.9 Å². The van der Waals surface area contributed by atoms with Gasteiger partial charge in [0.05, 0.1) is 23.8 Å². The summed E-state index contributed by atoms with van der Waals surface area (Å²) < 4.78 is 6.77. The summed E-state index contributed by atoms with van der Waals surface area (Å²) in [5.74, 6) is 0. The van der Waals surface area contributed by atoms with E-state index in [4.69, 9.17) is 4.74 Å². The third-order valence-electron chi connectivity index (χ3n) is 3.22. The Bertz CT molecular complexity index is 595. The highest BCUT2D eigenvalue weighted by atomic mass is 16.5. The van der Waals surface area contributed by atoms with Crippen LogP contribution in [0.5, 0.6) is 0 Å². The van der Waals surface area contributed by atoms with E-state index >= 15 is 0 Å². The van der Waals surface area contributed by atoms with Crippen LogP contribution in [0.1, 0.15) is 12.8 Å². The monoisotopic (exact) mass is 275 g/mol. The van der Waals surface area contributed by atoms with Crippen molar-refractivity contribution in [3.05, 3.63) is 40.8 Å². The molecule has 0 aliphatic carbocycles. The molecule has 1 aromatic carbocycles. The molecule has 0 saturated heterocycles. The SMILES string of the molecule is COCCNCCCCn1c(=O)cnc2ccccc21. The first-order valence-corrected chi connectivity index (χ1v) is 6.97. The van der Waals surface area contributed by atoms with Crippen LogP contribution in [0.3, 0.4) is 0 Å². The highest BCUT2D eigenvalue weighted by Gasteiger charge is 2.02. The standard InChI is InChI=1S/C15H21N3O2/c1-20-11-9-16-8-4-5-10-18-14-7-3-2-6-13(14)17-12-15(18)19/h2-3,6-7,12,16H,4-5,8-11H2,1H3. The summed E-state index contributed by atoms with van der Waals surface area (Å²) in [5, 5.41) is 3.30. The average Bonchev–Trinajstić information content (AvgIpc) is 2.48. The van der Waals surface area contributed by atoms with Gasteiger partial charge in [-0.25, -0.2) is 4.98 Å². The Labute approximate surface area is 118 Å². The minimum absolute atomic E-state index is 0.0314. The van der Waals surface area contributed by atoms with Gasteiger partial charge in [0.1, 0.15) is 0 Å². The third kappa shape index (κ3) is 3.88. The number of para-hydroxylation sites is 2. The van der Waals surface area contributed by atoms with Gasteiger partial charge in [0.2, 0.25) is 0 Å². The first-order chi connectivity index (χ1) is 9.83. The molecule has 0 fully saturated rings. The fourth-order valence-corrected chi connectivity index (χ4v) is 2.16. The van der Waals surface area contributed by atoms with Gasteiger partial charge >= 0.3 is 0 Å². The minimum Gasteiger partial charge on any atom is -0.383 e. The fraction of sp³-hybridized carbons (Fsp3) is 0.467. The number of fused-ring (bicyclic) bond motifs is 1. The van der Waals surface area contributed by atoms with Crippen molar-refractivity contribution in [3.8, 4) is 0 Å². The number of aromatic nitrogens is 2. The number of nitrogens with one attached hydrogen (secondary N) is 1. The van der Waals surface area contributed by atoms with Crippen molar-refractivity contribution < 1.29 is 4.74 Å². The molecular formula is C15H21N3O2. The number of nitrogens with zero attached hydrogens (tertiary/aromatic N) is 2. The molecule has 0 radical (unpaired) electrons. The zero-order valence-electron chi connectivity index (χ0n) is 11.8. The molecule has 0 atom stereocenters. The number of aryl methyl sites for hydroxylation is 1. The maximum Gasteiger partial charge on any atom is 0.269 e. The van der Waals surface area contributed by atoms with Crippen LogP contribution in [0.2, 0.25) is 0 Å². The molecule has 5 heteroatoms. The first-order valence-electron chi connectivity index (χ1n) is 6.97. The second kappa shape index (κ2) is 7.77. The molecule has 0 unspecified atom stereocenters. The molecule has 1 heterocycles. The van der Waals surface area contributed by atoms with Crippen LogP contribution in [0, 0.1) is 0 Å². The number of ether oxygens (including phenoxy) is 1. The molecular weight excluding hydrogens is 254 g/mol. The maximum absolute atomic E-state index is 11.9. The lowest BCUT2D eigenvalue weighted by Crippen LogP contribution is -2.23. The van der Waals surface area contributed by atoms with Crippen molar-refractivity contribution in [3.63, 3.8) is 0 Å². The molecule has 0 saturated carbocycles. The van der Waals surface area contributed by atoms with E-state index in [-0.39, 0.29) is 5.56 Å². The van der Waals surface area contributed by atoms with Crippen LogP contribution in [0.4, 0.5) is 0 Å². The Morgan fingerprint density at radius 1 is 1.25 bits per heavy atom. The van der Waals surface area contributed by atoms with Crippen LogP contribution in [0.25, 0.3) is 11.0 Å². The quantitative estimate of drug-likeness (QED) is 0.740. The number of benzene rings is 1. The Balaban J connectivity index is 1.90. The summed E-state index contributed by atoms with van der Waals surface area (Å²) in [6, 6.07) is 7.74. The van der Waals surface area contributed by atoms with E-state index in [1.165, 1.54) is 6.20 Å². The van der Waals surface area contributed by atoms with Gasteiger partial charge in [0, 0.05) is 20.2 Å². The van der Waals surface area contributed by atoms with Crippen LogP contribution in [0.15, 0.2) is 35.3 Å². The molecule has 5 nitrogen and oxygen atoms in total. The van der Waals surface area contributed by atoms with Gasteiger partial charge in [0.25, 0.3) is 5.56 Å². The summed E-state index contributed by atoms with van der Waals surface area (Å²) in [4.78, 5) is 16.1. The molecule has 0 bridgehead atoms. The lowest BCUT2D eigenvalue weighted by molar-refractivity contribution is 0.199. The highest BCUT2D eigenvalue weighted by Crippen LogP contribution is 2.08. The molecule has 108 valence electrons.